The highest BCUT2D eigenvalue weighted by Gasteiger charge is 2.04. The average Bonchev–Trinajstić information content (AvgIpc) is 2.75. The molecule has 0 aromatic heterocycles. The molecule has 158 valence electrons. The summed E-state index contributed by atoms with van der Waals surface area (Å²) < 4.78 is 0. The largest absolute Gasteiger partial charge is 0.396 e. The van der Waals surface area contributed by atoms with Crippen LogP contribution in [0.1, 0.15) is 34.3 Å². The zero-order valence-electron chi connectivity index (χ0n) is 17.3. The number of aliphatic hydroxyl groups excluding tert-OH is 1. The molecule has 0 aliphatic carbocycles. The number of carbonyl (C=O) groups excluding carboxylic acids is 2. The Morgan fingerprint density at radius 3 is 2.50 bits per heavy atom. The minimum Gasteiger partial charge on any atom is -0.396 e. The minimum absolute atomic E-state index is 0.128. The number of hydrazone groups is 1. The van der Waals surface area contributed by atoms with E-state index in [9.17, 15) is 9.59 Å². The molecule has 0 spiro atoms. The van der Waals surface area contributed by atoms with Gasteiger partial charge in [0.15, 0.2) is 0 Å². The second kappa shape index (κ2) is 12.2. The molecule has 0 aliphatic rings. The fourth-order valence-corrected chi connectivity index (χ4v) is 2.56. The number of hydrogen-bond donors (Lipinski definition) is 3. The van der Waals surface area contributed by atoms with Crippen LogP contribution in [0.15, 0.2) is 59.7 Å². The minimum atomic E-state index is -0.287. The summed E-state index contributed by atoms with van der Waals surface area (Å²) in [6.45, 7) is 0.664. The Balaban J connectivity index is 1.88. The van der Waals surface area contributed by atoms with Crippen molar-refractivity contribution in [2.24, 2.45) is 5.10 Å². The molecule has 2 aromatic rings. The van der Waals surface area contributed by atoms with Crippen LogP contribution in [0, 0.1) is 0 Å². The number of anilines is 1. The summed E-state index contributed by atoms with van der Waals surface area (Å²) in [5.74, 6) is -0.468. The number of nitrogens with one attached hydrogen (secondary N) is 2. The number of unbranched alkanes of at least 4 members (excludes halogenated alkanes) is 1. The molecular weight excluding hydrogens is 380 g/mol. The fraction of sp³-hybridized carbons (Fsp3) is 0.261. The number of hydrogen-bond acceptors (Lipinski definition) is 5. The molecule has 0 aliphatic heterocycles. The Bertz CT molecular complexity index is 890. The second-order valence-corrected chi connectivity index (χ2v) is 6.87. The highest BCUT2D eigenvalue weighted by Crippen LogP contribution is 2.12. The van der Waals surface area contributed by atoms with Crippen molar-refractivity contribution in [2.75, 3.05) is 32.1 Å². The molecule has 0 saturated carbocycles. The maximum absolute atomic E-state index is 12.2. The molecule has 0 unspecified atom stereocenters. The summed E-state index contributed by atoms with van der Waals surface area (Å²) in [7, 11) is 3.88. The maximum Gasteiger partial charge on any atom is 0.271 e. The first kappa shape index (κ1) is 22.8. The molecule has 7 nitrogen and oxygen atoms in total. The Morgan fingerprint density at radius 2 is 1.80 bits per heavy atom. The highest BCUT2D eigenvalue weighted by atomic mass is 16.3. The first-order chi connectivity index (χ1) is 14.5. The van der Waals surface area contributed by atoms with E-state index in [1.807, 2.05) is 55.4 Å². The van der Waals surface area contributed by atoms with Crippen LogP contribution in [0.5, 0.6) is 0 Å². The zero-order valence-corrected chi connectivity index (χ0v) is 17.3. The normalized spacial score (nSPS) is 11.0. The number of nitrogens with zero attached hydrogens (tertiary/aromatic N) is 2. The van der Waals surface area contributed by atoms with Gasteiger partial charge >= 0.3 is 0 Å². The predicted octanol–water partition coefficient (Wildman–Crippen LogP) is 2.42. The summed E-state index contributed by atoms with van der Waals surface area (Å²) in [5.41, 5.74) is 5.69. The van der Waals surface area contributed by atoms with E-state index in [1.165, 1.54) is 6.08 Å². The lowest BCUT2D eigenvalue weighted by molar-refractivity contribution is -0.116. The molecule has 7 heteroatoms. The molecule has 0 fully saturated rings. The molecule has 0 atom stereocenters. The van der Waals surface area contributed by atoms with Gasteiger partial charge in [-0.3, -0.25) is 9.59 Å². The van der Waals surface area contributed by atoms with Gasteiger partial charge in [-0.15, -0.1) is 0 Å². The van der Waals surface area contributed by atoms with Crippen LogP contribution in [0.4, 0.5) is 5.69 Å². The molecule has 2 aromatic carbocycles. The third-order valence-corrected chi connectivity index (χ3v) is 4.25. The molecule has 0 bridgehead atoms. The van der Waals surface area contributed by atoms with Crippen molar-refractivity contribution in [3.05, 3.63) is 71.3 Å². The fourth-order valence-electron chi connectivity index (χ4n) is 2.56. The van der Waals surface area contributed by atoms with Crippen molar-refractivity contribution in [2.45, 2.75) is 12.8 Å². The third-order valence-electron chi connectivity index (χ3n) is 4.25. The van der Waals surface area contributed by atoms with E-state index in [2.05, 4.69) is 15.8 Å². The summed E-state index contributed by atoms with van der Waals surface area (Å²) in [6, 6.07) is 14.7. The standard InChI is InChI=1S/C23H28N4O3/c1-27(2)21-11-9-20(10-12-21)23(30)26-25-17-19-7-5-6-18(16-19)8-13-22(29)24-14-3-4-15-28/h5-13,16-17,28H,3-4,14-15H2,1-2H3,(H,24,29)(H,26,30). The monoisotopic (exact) mass is 408 g/mol. The predicted molar refractivity (Wildman–Crippen MR) is 121 cm³/mol. The van der Waals surface area contributed by atoms with Crippen LogP contribution in [-0.2, 0) is 4.79 Å². The molecule has 0 saturated heterocycles. The van der Waals surface area contributed by atoms with Gasteiger partial charge in [-0.2, -0.15) is 5.10 Å². The SMILES string of the molecule is CN(C)c1ccc(C(=O)NN=Cc2cccc(C=CC(=O)NCCCCO)c2)cc1. The number of rotatable bonds is 10. The number of benzene rings is 2. The van der Waals surface area contributed by atoms with E-state index in [0.717, 1.165) is 23.2 Å². The van der Waals surface area contributed by atoms with Gasteiger partial charge in [-0.05, 0) is 60.4 Å². The summed E-state index contributed by atoms with van der Waals surface area (Å²) >= 11 is 0. The van der Waals surface area contributed by atoms with Crippen LogP contribution < -0.4 is 15.6 Å². The summed E-state index contributed by atoms with van der Waals surface area (Å²) in [4.78, 5) is 25.9. The quantitative estimate of drug-likeness (QED) is 0.244. The zero-order chi connectivity index (χ0) is 21.8. The van der Waals surface area contributed by atoms with Crippen LogP contribution in [0.2, 0.25) is 0 Å². The smallest absolute Gasteiger partial charge is 0.271 e. The Labute approximate surface area is 177 Å². The van der Waals surface area contributed by atoms with Gasteiger partial charge in [-0.25, -0.2) is 5.43 Å². The Kier molecular flexibility index (Phi) is 9.27. The van der Waals surface area contributed by atoms with Gasteiger partial charge in [0, 0.05) is 44.6 Å². The van der Waals surface area contributed by atoms with Crippen molar-refractivity contribution in [1.82, 2.24) is 10.7 Å². The van der Waals surface area contributed by atoms with Gasteiger partial charge in [0.1, 0.15) is 0 Å². The van der Waals surface area contributed by atoms with E-state index in [1.54, 1.807) is 24.4 Å². The molecule has 0 radical (unpaired) electrons. The number of carbonyl (C=O) groups is 2. The van der Waals surface area contributed by atoms with E-state index in [0.29, 0.717) is 18.5 Å². The van der Waals surface area contributed by atoms with Gasteiger partial charge in [0.25, 0.3) is 5.91 Å². The van der Waals surface area contributed by atoms with Crippen molar-refractivity contribution >= 4 is 29.8 Å². The number of amides is 2. The van der Waals surface area contributed by atoms with Crippen molar-refractivity contribution in [1.29, 1.82) is 0 Å². The van der Waals surface area contributed by atoms with E-state index < -0.39 is 0 Å². The topological polar surface area (TPSA) is 94.0 Å². The van der Waals surface area contributed by atoms with E-state index >= 15 is 0 Å². The average molecular weight is 409 g/mol. The molecular formula is C23H28N4O3. The van der Waals surface area contributed by atoms with E-state index in [-0.39, 0.29) is 18.4 Å². The van der Waals surface area contributed by atoms with Gasteiger partial charge < -0.3 is 15.3 Å². The lowest BCUT2D eigenvalue weighted by atomic mass is 10.1. The maximum atomic E-state index is 12.2. The van der Waals surface area contributed by atoms with Crippen LogP contribution in [0.3, 0.4) is 0 Å². The van der Waals surface area contributed by atoms with Gasteiger partial charge in [0.2, 0.25) is 5.91 Å². The molecule has 2 amide bonds. The van der Waals surface area contributed by atoms with E-state index in [4.69, 9.17) is 5.11 Å². The molecule has 30 heavy (non-hydrogen) atoms. The van der Waals surface area contributed by atoms with Crippen LogP contribution >= 0.6 is 0 Å². The molecule has 2 rings (SSSR count). The lowest BCUT2D eigenvalue weighted by Crippen LogP contribution is -2.22. The number of aliphatic hydroxyl groups is 1. The Hall–Kier alpha value is -3.45. The molecule has 3 N–H and O–H groups in total. The third kappa shape index (κ3) is 7.89. The van der Waals surface area contributed by atoms with Crippen LogP contribution in [0.25, 0.3) is 6.08 Å². The molecule has 0 heterocycles. The summed E-state index contributed by atoms with van der Waals surface area (Å²) in [6.07, 6.45) is 6.15. The first-order valence-electron chi connectivity index (χ1n) is 9.77. The van der Waals surface area contributed by atoms with Crippen molar-refractivity contribution in [3.8, 4) is 0 Å². The summed E-state index contributed by atoms with van der Waals surface area (Å²) in [5, 5.41) is 15.5. The second-order valence-electron chi connectivity index (χ2n) is 6.87. The van der Waals surface area contributed by atoms with Gasteiger partial charge in [-0.1, -0.05) is 18.2 Å². The van der Waals surface area contributed by atoms with Crippen molar-refractivity contribution < 1.29 is 14.7 Å². The lowest BCUT2D eigenvalue weighted by Gasteiger charge is -2.12. The highest BCUT2D eigenvalue weighted by molar-refractivity contribution is 5.95. The Morgan fingerprint density at radius 1 is 1.07 bits per heavy atom. The van der Waals surface area contributed by atoms with Crippen molar-refractivity contribution in [3.63, 3.8) is 0 Å². The van der Waals surface area contributed by atoms with Crippen LogP contribution in [-0.4, -0.2) is 50.4 Å². The first-order valence-corrected chi connectivity index (χ1v) is 9.77. The van der Waals surface area contributed by atoms with Gasteiger partial charge in [0.05, 0.1) is 6.21 Å².